The van der Waals surface area contributed by atoms with E-state index in [1.807, 2.05) is 18.2 Å². The van der Waals surface area contributed by atoms with Gasteiger partial charge in [0.2, 0.25) is 5.91 Å². The van der Waals surface area contributed by atoms with E-state index in [1.165, 1.54) is 5.56 Å². The lowest BCUT2D eigenvalue weighted by molar-refractivity contribution is -0.120. The van der Waals surface area contributed by atoms with Crippen LogP contribution in [0.2, 0.25) is 0 Å². The number of benzene rings is 1. The summed E-state index contributed by atoms with van der Waals surface area (Å²) in [7, 11) is 3.74. The lowest BCUT2D eigenvalue weighted by atomic mass is 10.1. The van der Waals surface area contributed by atoms with Gasteiger partial charge in [0.05, 0.1) is 0 Å². The normalized spacial score (nSPS) is 12.4. The van der Waals surface area contributed by atoms with Gasteiger partial charge >= 0.3 is 0 Å². The van der Waals surface area contributed by atoms with Crippen LogP contribution in [-0.4, -0.2) is 31.4 Å². The Balaban J connectivity index is 2.46. The summed E-state index contributed by atoms with van der Waals surface area (Å²) in [5.74, 6) is 0.0972. The molecule has 1 rings (SSSR count). The molecule has 0 spiro atoms. The number of carbonyl (C=O) groups excluding carboxylic acids is 1. The van der Waals surface area contributed by atoms with Crippen LogP contribution in [0, 0.1) is 0 Å². The summed E-state index contributed by atoms with van der Waals surface area (Å²) in [6.45, 7) is 3.04. The van der Waals surface area contributed by atoms with Crippen LogP contribution >= 0.6 is 0 Å². The van der Waals surface area contributed by atoms with Crippen molar-refractivity contribution in [1.82, 2.24) is 10.2 Å². The van der Waals surface area contributed by atoms with Crippen molar-refractivity contribution in [2.75, 3.05) is 26.4 Å². The molecule has 100 valence electrons. The molecule has 0 aliphatic heterocycles. The maximum absolute atomic E-state index is 11.1. The minimum Gasteiger partial charge on any atom is -0.399 e. The SMILES string of the molecule is CNC(=O)CCCN(C)C(C)c1cccc(N)c1. The Morgan fingerprint density at radius 3 is 2.83 bits per heavy atom. The van der Waals surface area contributed by atoms with Crippen LogP contribution in [0.3, 0.4) is 0 Å². The number of hydrogen-bond acceptors (Lipinski definition) is 3. The molecule has 0 bridgehead atoms. The fourth-order valence-corrected chi connectivity index (χ4v) is 1.88. The molecule has 3 N–H and O–H groups in total. The average molecular weight is 249 g/mol. The molecule has 0 saturated carbocycles. The van der Waals surface area contributed by atoms with Gasteiger partial charge in [0.25, 0.3) is 0 Å². The van der Waals surface area contributed by atoms with Crippen LogP contribution in [-0.2, 0) is 4.79 Å². The van der Waals surface area contributed by atoms with Gasteiger partial charge in [0.15, 0.2) is 0 Å². The van der Waals surface area contributed by atoms with Crippen molar-refractivity contribution in [3.8, 4) is 0 Å². The van der Waals surface area contributed by atoms with Gasteiger partial charge in [-0.15, -0.1) is 0 Å². The fourth-order valence-electron chi connectivity index (χ4n) is 1.88. The van der Waals surface area contributed by atoms with E-state index < -0.39 is 0 Å². The average Bonchev–Trinajstić information content (AvgIpc) is 2.37. The summed E-state index contributed by atoms with van der Waals surface area (Å²) in [6, 6.07) is 8.25. The third-order valence-electron chi connectivity index (χ3n) is 3.25. The molecule has 0 heterocycles. The van der Waals surface area contributed by atoms with Gasteiger partial charge in [0.1, 0.15) is 0 Å². The van der Waals surface area contributed by atoms with Crippen LogP contribution in [0.1, 0.15) is 31.4 Å². The number of carbonyl (C=O) groups is 1. The Hall–Kier alpha value is -1.55. The standard InChI is InChI=1S/C14H23N3O/c1-11(12-6-4-7-13(15)10-12)17(3)9-5-8-14(18)16-2/h4,6-7,10-11H,5,8-9,15H2,1-3H3,(H,16,18). The van der Waals surface area contributed by atoms with Crippen LogP contribution in [0.15, 0.2) is 24.3 Å². The van der Waals surface area contributed by atoms with Crippen LogP contribution in [0.5, 0.6) is 0 Å². The lowest BCUT2D eigenvalue weighted by Gasteiger charge is -2.25. The molecular formula is C14H23N3O. The molecule has 4 heteroatoms. The first-order valence-electron chi connectivity index (χ1n) is 6.31. The van der Waals surface area contributed by atoms with Crippen molar-refractivity contribution in [2.45, 2.75) is 25.8 Å². The van der Waals surface area contributed by atoms with Crippen molar-refractivity contribution >= 4 is 11.6 Å². The second kappa shape index (κ2) is 7.01. The van der Waals surface area contributed by atoms with Crippen LogP contribution in [0.25, 0.3) is 0 Å². The van der Waals surface area contributed by atoms with Gasteiger partial charge in [-0.25, -0.2) is 0 Å². The highest BCUT2D eigenvalue weighted by Crippen LogP contribution is 2.20. The fraction of sp³-hybridized carbons (Fsp3) is 0.500. The molecule has 0 fully saturated rings. The van der Waals surface area contributed by atoms with E-state index >= 15 is 0 Å². The highest BCUT2D eigenvalue weighted by atomic mass is 16.1. The van der Waals surface area contributed by atoms with E-state index in [9.17, 15) is 4.79 Å². The van der Waals surface area contributed by atoms with E-state index in [4.69, 9.17) is 5.73 Å². The molecule has 1 aromatic rings. The van der Waals surface area contributed by atoms with Gasteiger partial charge in [-0.2, -0.15) is 0 Å². The second-order valence-corrected chi connectivity index (χ2v) is 4.60. The second-order valence-electron chi connectivity index (χ2n) is 4.60. The van der Waals surface area contributed by atoms with E-state index in [2.05, 4.69) is 30.3 Å². The predicted molar refractivity (Wildman–Crippen MR) is 75.2 cm³/mol. The van der Waals surface area contributed by atoms with Crippen LogP contribution in [0.4, 0.5) is 5.69 Å². The third-order valence-corrected chi connectivity index (χ3v) is 3.25. The monoisotopic (exact) mass is 249 g/mol. The molecule has 0 aromatic heterocycles. The van der Waals surface area contributed by atoms with E-state index in [-0.39, 0.29) is 5.91 Å². The number of hydrogen-bond donors (Lipinski definition) is 2. The van der Waals surface area contributed by atoms with Crippen molar-refractivity contribution < 1.29 is 4.79 Å². The molecule has 0 radical (unpaired) electrons. The zero-order chi connectivity index (χ0) is 13.5. The predicted octanol–water partition coefficient (Wildman–Crippen LogP) is 1.79. The molecule has 1 atom stereocenters. The zero-order valence-corrected chi connectivity index (χ0v) is 11.4. The van der Waals surface area contributed by atoms with Crippen molar-refractivity contribution in [3.63, 3.8) is 0 Å². The van der Waals surface area contributed by atoms with Crippen molar-refractivity contribution in [1.29, 1.82) is 0 Å². The molecule has 1 aromatic carbocycles. The Bertz CT molecular complexity index is 392. The topological polar surface area (TPSA) is 58.4 Å². The summed E-state index contributed by atoms with van der Waals surface area (Å²) in [5, 5.41) is 2.63. The molecule has 4 nitrogen and oxygen atoms in total. The summed E-state index contributed by atoms with van der Waals surface area (Å²) < 4.78 is 0. The number of nitrogens with zero attached hydrogens (tertiary/aromatic N) is 1. The largest absolute Gasteiger partial charge is 0.399 e. The molecule has 0 saturated heterocycles. The van der Waals surface area contributed by atoms with Gasteiger partial charge in [-0.3, -0.25) is 9.69 Å². The van der Waals surface area contributed by atoms with Crippen LogP contribution < -0.4 is 11.1 Å². The van der Waals surface area contributed by atoms with Gasteiger partial charge < -0.3 is 11.1 Å². The summed E-state index contributed by atoms with van der Waals surface area (Å²) in [6.07, 6.45) is 1.44. The number of rotatable bonds is 6. The lowest BCUT2D eigenvalue weighted by Crippen LogP contribution is -2.25. The molecule has 18 heavy (non-hydrogen) atoms. The van der Waals surface area contributed by atoms with Gasteiger partial charge in [-0.1, -0.05) is 12.1 Å². The summed E-state index contributed by atoms with van der Waals surface area (Å²) in [4.78, 5) is 13.4. The smallest absolute Gasteiger partial charge is 0.219 e. The summed E-state index contributed by atoms with van der Waals surface area (Å²) in [5.41, 5.74) is 7.78. The summed E-state index contributed by atoms with van der Waals surface area (Å²) >= 11 is 0. The van der Waals surface area contributed by atoms with Gasteiger partial charge in [-0.05, 0) is 44.6 Å². The maximum atomic E-state index is 11.1. The quantitative estimate of drug-likeness (QED) is 0.756. The maximum Gasteiger partial charge on any atom is 0.219 e. The molecule has 1 unspecified atom stereocenters. The van der Waals surface area contributed by atoms with Crippen molar-refractivity contribution in [3.05, 3.63) is 29.8 Å². The van der Waals surface area contributed by atoms with Crippen molar-refractivity contribution in [2.24, 2.45) is 0 Å². The Morgan fingerprint density at radius 1 is 1.50 bits per heavy atom. The number of nitrogens with one attached hydrogen (secondary N) is 1. The zero-order valence-electron chi connectivity index (χ0n) is 11.4. The Labute approximate surface area is 109 Å². The number of nitrogens with two attached hydrogens (primary N) is 1. The first kappa shape index (κ1) is 14.5. The van der Waals surface area contributed by atoms with Gasteiger partial charge in [0, 0.05) is 25.2 Å². The third kappa shape index (κ3) is 4.37. The minimum atomic E-state index is 0.0972. The molecular weight excluding hydrogens is 226 g/mol. The molecule has 0 aliphatic rings. The molecule has 0 aliphatic carbocycles. The highest BCUT2D eigenvalue weighted by Gasteiger charge is 2.11. The first-order valence-corrected chi connectivity index (χ1v) is 6.31. The number of anilines is 1. The Morgan fingerprint density at radius 2 is 2.22 bits per heavy atom. The first-order chi connectivity index (χ1) is 8.54. The minimum absolute atomic E-state index is 0.0972. The number of nitrogen functional groups attached to an aromatic ring is 1. The number of amides is 1. The van der Waals surface area contributed by atoms with E-state index in [1.54, 1.807) is 7.05 Å². The Kier molecular flexibility index (Phi) is 5.65. The van der Waals surface area contributed by atoms with E-state index in [0.717, 1.165) is 18.7 Å². The molecule has 1 amide bonds. The highest BCUT2D eigenvalue weighted by molar-refractivity contribution is 5.75. The van der Waals surface area contributed by atoms with E-state index in [0.29, 0.717) is 12.5 Å².